The molecule has 0 aromatic heterocycles. The predicted molar refractivity (Wildman–Crippen MR) is 56.8 cm³/mol. The molecule has 0 saturated heterocycles. The Hall–Kier alpha value is -1.48. The van der Waals surface area contributed by atoms with Gasteiger partial charge in [-0.25, -0.2) is 0 Å². The van der Waals surface area contributed by atoms with Gasteiger partial charge in [0.15, 0.2) is 0 Å². The average Bonchev–Trinajstić information content (AvgIpc) is 2.17. The van der Waals surface area contributed by atoms with E-state index in [-0.39, 0.29) is 5.75 Å². The second-order valence-electron chi connectivity index (χ2n) is 3.83. The molecule has 2 rings (SSSR count). The van der Waals surface area contributed by atoms with Crippen LogP contribution in [-0.4, -0.2) is 16.0 Å². The topological polar surface area (TPSA) is 49.7 Å². The summed E-state index contributed by atoms with van der Waals surface area (Å²) in [5.74, 6) is -0.454. The van der Waals surface area contributed by atoms with Crippen molar-refractivity contribution in [3.63, 3.8) is 0 Å². The van der Waals surface area contributed by atoms with Gasteiger partial charge in [0.25, 0.3) is 0 Å². The largest absolute Gasteiger partial charge is 0.508 e. The molecule has 80 valence electrons. The molecule has 1 aliphatic heterocycles. The van der Waals surface area contributed by atoms with Crippen LogP contribution in [-0.2, 0) is 6.42 Å². The van der Waals surface area contributed by atoms with Crippen molar-refractivity contribution < 1.29 is 14.9 Å². The van der Waals surface area contributed by atoms with E-state index in [0.717, 1.165) is 12.0 Å². The Bertz CT molecular complexity index is 386. The molecular formula is C12H14O3. The Morgan fingerprint density at radius 3 is 3.07 bits per heavy atom. The molecule has 3 heteroatoms. The number of phenols is 1. The van der Waals surface area contributed by atoms with Gasteiger partial charge in [0, 0.05) is 18.9 Å². The molecule has 0 bridgehead atoms. The molecule has 3 nitrogen and oxygen atoms in total. The Balaban J connectivity index is 2.28. The van der Waals surface area contributed by atoms with Crippen LogP contribution in [0.25, 0.3) is 0 Å². The lowest BCUT2D eigenvalue weighted by molar-refractivity contribution is -0.146. The maximum atomic E-state index is 10.0. The van der Waals surface area contributed by atoms with Gasteiger partial charge in [0.2, 0.25) is 5.79 Å². The first-order valence-corrected chi connectivity index (χ1v) is 4.97. The molecule has 1 unspecified atom stereocenters. The summed E-state index contributed by atoms with van der Waals surface area (Å²) in [6.45, 7) is 3.58. The number of aliphatic hydroxyl groups is 1. The minimum Gasteiger partial charge on any atom is -0.508 e. The van der Waals surface area contributed by atoms with Crippen molar-refractivity contribution in [2.24, 2.45) is 0 Å². The van der Waals surface area contributed by atoms with E-state index in [9.17, 15) is 10.2 Å². The van der Waals surface area contributed by atoms with E-state index in [2.05, 4.69) is 6.58 Å². The van der Waals surface area contributed by atoms with Crippen LogP contribution in [0.2, 0.25) is 0 Å². The first-order chi connectivity index (χ1) is 7.13. The van der Waals surface area contributed by atoms with Crippen LogP contribution in [0.1, 0.15) is 18.4 Å². The third-order valence-corrected chi connectivity index (χ3v) is 2.60. The van der Waals surface area contributed by atoms with E-state index in [1.807, 2.05) is 6.07 Å². The number of aromatic hydroxyl groups is 1. The number of aryl methyl sites for hydroxylation is 1. The molecule has 0 spiro atoms. The highest BCUT2D eigenvalue weighted by atomic mass is 16.6. The third-order valence-electron chi connectivity index (χ3n) is 2.60. The summed E-state index contributed by atoms with van der Waals surface area (Å²) in [6.07, 6.45) is 3.33. The Kier molecular flexibility index (Phi) is 2.40. The predicted octanol–water partition coefficient (Wildman–Crippen LogP) is 1.98. The highest BCUT2D eigenvalue weighted by Gasteiger charge is 2.32. The third kappa shape index (κ3) is 1.97. The molecule has 2 N–H and O–H groups in total. The summed E-state index contributed by atoms with van der Waals surface area (Å²) in [4.78, 5) is 0. The maximum absolute atomic E-state index is 10.0. The minimum absolute atomic E-state index is 0.150. The fourth-order valence-corrected chi connectivity index (χ4v) is 1.80. The first kappa shape index (κ1) is 10.1. The van der Waals surface area contributed by atoms with Gasteiger partial charge < -0.3 is 14.9 Å². The van der Waals surface area contributed by atoms with E-state index >= 15 is 0 Å². The van der Waals surface area contributed by atoms with Gasteiger partial charge >= 0.3 is 0 Å². The molecule has 0 radical (unpaired) electrons. The number of ether oxygens (including phenoxy) is 1. The fourth-order valence-electron chi connectivity index (χ4n) is 1.80. The molecule has 0 aliphatic carbocycles. The number of hydrogen-bond acceptors (Lipinski definition) is 3. The molecule has 0 fully saturated rings. The zero-order valence-corrected chi connectivity index (χ0v) is 8.44. The van der Waals surface area contributed by atoms with Gasteiger partial charge in [-0.1, -0.05) is 12.1 Å². The van der Waals surface area contributed by atoms with E-state index in [4.69, 9.17) is 4.74 Å². The Morgan fingerprint density at radius 1 is 1.53 bits per heavy atom. The molecule has 1 aromatic carbocycles. The number of fused-ring (bicyclic) bond motifs is 1. The lowest BCUT2D eigenvalue weighted by Gasteiger charge is -2.33. The molecule has 1 atom stereocenters. The van der Waals surface area contributed by atoms with Crippen LogP contribution in [0, 0.1) is 0 Å². The average molecular weight is 206 g/mol. The van der Waals surface area contributed by atoms with Gasteiger partial charge in [0.05, 0.1) is 0 Å². The zero-order chi connectivity index (χ0) is 10.9. The molecule has 1 heterocycles. The van der Waals surface area contributed by atoms with Crippen LogP contribution >= 0.6 is 0 Å². The van der Waals surface area contributed by atoms with Crippen molar-refractivity contribution in [2.75, 3.05) is 0 Å². The van der Waals surface area contributed by atoms with Crippen LogP contribution in [0.5, 0.6) is 11.5 Å². The highest BCUT2D eigenvalue weighted by Crippen LogP contribution is 2.35. The van der Waals surface area contributed by atoms with Crippen LogP contribution in [0.15, 0.2) is 30.9 Å². The van der Waals surface area contributed by atoms with E-state index < -0.39 is 5.79 Å². The zero-order valence-electron chi connectivity index (χ0n) is 8.44. The van der Waals surface area contributed by atoms with Crippen LogP contribution in [0.3, 0.4) is 0 Å². The van der Waals surface area contributed by atoms with E-state index in [1.54, 1.807) is 12.1 Å². The van der Waals surface area contributed by atoms with Crippen molar-refractivity contribution in [2.45, 2.75) is 25.0 Å². The second kappa shape index (κ2) is 3.59. The second-order valence-corrected chi connectivity index (χ2v) is 3.83. The molecule has 15 heavy (non-hydrogen) atoms. The van der Waals surface area contributed by atoms with Gasteiger partial charge in [-0.15, -0.1) is 6.58 Å². The molecular weight excluding hydrogens is 192 g/mol. The quantitative estimate of drug-likeness (QED) is 0.727. The summed E-state index contributed by atoms with van der Waals surface area (Å²) in [5, 5.41) is 19.3. The minimum atomic E-state index is -1.16. The SMILES string of the molecule is C=CCC1(O)CCc2ccc(O)cc2O1. The normalized spacial score (nSPS) is 24.1. The number of benzene rings is 1. The standard InChI is InChI=1S/C12H14O3/c1-2-6-12(14)7-5-9-3-4-10(13)8-11(9)15-12/h2-4,8,13-14H,1,5-7H2. The van der Waals surface area contributed by atoms with Gasteiger partial charge in [-0.05, 0) is 18.1 Å². The maximum Gasteiger partial charge on any atom is 0.211 e. The summed E-state index contributed by atoms with van der Waals surface area (Å²) in [5.41, 5.74) is 1.02. The van der Waals surface area contributed by atoms with Gasteiger partial charge in [-0.2, -0.15) is 0 Å². The Labute approximate surface area is 88.6 Å². The van der Waals surface area contributed by atoms with Crippen molar-refractivity contribution in [3.8, 4) is 11.5 Å². The molecule has 1 aromatic rings. The van der Waals surface area contributed by atoms with Gasteiger partial charge in [-0.3, -0.25) is 0 Å². The van der Waals surface area contributed by atoms with E-state index in [1.165, 1.54) is 6.07 Å². The lowest BCUT2D eigenvalue weighted by Crippen LogP contribution is -2.38. The summed E-state index contributed by atoms with van der Waals surface area (Å²) < 4.78 is 5.46. The monoisotopic (exact) mass is 206 g/mol. The van der Waals surface area contributed by atoms with Crippen LogP contribution in [0.4, 0.5) is 0 Å². The van der Waals surface area contributed by atoms with Crippen molar-refractivity contribution in [1.29, 1.82) is 0 Å². The number of phenolic OH excluding ortho intramolecular Hbond substituents is 1. The van der Waals surface area contributed by atoms with Crippen molar-refractivity contribution >= 4 is 0 Å². The highest BCUT2D eigenvalue weighted by molar-refractivity contribution is 5.41. The summed E-state index contributed by atoms with van der Waals surface area (Å²) in [6, 6.07) is 4.97. The summed E-state index contributed by atoms with van der Waals surface area (Å²) >= 11 is 0. The first-order valence-electron chi connectivity index (χ1n) is 4.97. The lowest BCUT2D eigenvalue weighted by atomic mass is 9.97. The molecule has 1 aliphatic rings. The van der Waals surface area contributed by atoms with Crippen molar-refractivity contribution in [3.05, 3.63) is 36.4 Å². The van der Waals surface area contributed by atoms with Gasteiger partial charge in [0.1, 0.15) is 11.5 Å². The molecule has 0 saturated carbocycles. The number of hydrogen-bond donors (Lipinski definition) is 2. The Morgan fingerprint density at radius 2 is 2.33 bits per heavy atom. The van der Waals surface area contributed by atoms with E-state index in [0.29, 0.717) is 18.6 Å². The molecule has 0 amide bonds. The fraction of sp³-hybridized carbons (Fsp3) is 0.333. The summed E-state index contributed by atoms with van der Waals surface area (Å²) in [7, 11) is 0. The smallest absolute Gasteiger partial charge is 0.211 e. The van der Waals surface area contributed by atoms with Crippen molar-refractivity contribution in [1.82, 2.24) is 0 Å². The number of rotatable bonds is 2. The van der Waals surface area contributed by atoms with Crippen LogP contribution < -0.4 is 4.74 Å².